The van der Waals surface area contributed by atoms with E-state index in [0.717, 1.165) is 5.57 Å². The third kappa shape index (κ3) is 7.78. The highest BCUT2D eigenvalue weighted by atomic mass is 19.4. The van der Waals surface area contributed by atoms with Crippen LogP contribution < -0.4 is 0 Å². The monoisotopic (exact) mass is 630 g/mol. The van der Waals surface area contributed by atoms with Crippen molar-refractivity contribution in [1.29, 1.82) is 0 Å². The van der Waals surface area contributed by atoms with Gasteiger partial charge >= 0.3 is 12.4 Å². The van der Waals surface area contributed by atoms with Crippen LogP contribution >= 0.6 is 0 Å². The zero-order valence-corrected chi connectivity index (χ0v) is 24.6. The van der Waals surface area contributed by atoms with Crippen molar-refractivity contribution in [3.8, 4) is 0 Å². The van der Waals surface area contributed by atoms with Gasteiger partial charge in [0.05, 0.1) is 11.7 Å². The Balaban J connectivity index is 2.01. The minimum Gasteiger partial charge on any atom is -0.393 e. The van der Waals surface area contributed by atoms with E-state index >= 15 is 0 Å². The summed E-state index contributed by atoms with van der Waals surface area (Å²) < 4.78 is 141. The Bertz CT molecular complexity index is 1280. The lowest BCUT2D eigenvalue weighted by atomic mass is 9.55. The van der Waals surface area contributed by atoms with Crippen LogP contribution in [-0.2, 0) is 0 Å². The first-order valence-electron chi connectivity index (χ1n) is 17.7. The molecule has 3 aliphatic carbocycles. The molecule has 0 heterocycles. The molecule has 3 rings (SSSR count). The van der Waals surface area contributed by atoms with Gasteiger partial charge in [0.15, 0.2) is 0 Å². The smallest absolute Gasteiger partial charge is 0.393 e. The van der Waals surface area contributed by atoms with Gasteiger partial charge in [0.1, 0.15) is 6.17 Å². The lowest BCUT2D eigenvalue weighted by Gasteiger charge is -2.49. The molecular formula is C33H47F7O3. The lowest BCUT2D eigenvalue weighted by molar-refractivity contribution is -0.347. The van der Waals surface area contributed by atoms with Crippen molar-refractivity contribution in [2.45, 2.75) is 134 Å². The summed E-state index contributed by atoms with van der Waals surface area (Å²) in [5, 5.41) is 30.6. The van der Waals surface area contributed by atoms with Crippen molar-refractivity contribution >= 4 is 0 Å². The van der Waals surface area contributed by atoms with Gasteiger partial charge < -0.3 is 15.3 Å². The highest BCUT2D eigenvalue weighted by Gasteiger charge is 2.69. The predicted molar refractivity (Wildman–Crippen MR) is 153 cm³/mol. The second kappa shape index (κ2) is 12.6. The van der Waals surface area contributed by atoms with E-state index in [1.54, 1.807) is 13.0 Å². The minimum absolute atomic E-state index is 0.0401. The quantitative estimate of drug-likeness (QED) is 0.176. The standard InChI is InChI=1S/C33H47F7O3/c1-21-23(19-24(41)20-26(21)34)11-10-22-9-6-17-30(5)25(22)12-13-27(30)29(4,15-7-14-28(2,3)42)16-8-18-31(43,32(35,36)37)33(38,39)40/h8,10-11,18,24-27,41-43H,1,6-7,9,12-17,19-20H2,2-5H3/b18-8+,22-10+,23-11-/t24-,25?,26+,27-,29+,30+/m1/s1/i2D3,3D3. The largest absolute Gasteiger partial charge is 0.429 e. The van der Waals surface area contributed by atoms with E-state index in [1.807, 2.05) is 13.0 Å². The molecule has 3 N–H and O–H groups in total. The molecule has 3 saturated carbocycles. The number of hydrogen-bond donors (Lipinski definition) is 3. The van der Waals surface area contributed by atoms with E-state index in [-0.39, 0.29) is 49.2 Å². The summed E-state index contributed by atoms with van der Waals surface area (Å²) in [5.74, 6) is -0.426. The van der Waals surface area contributed by atoms with Gasteiger partial charge in [0, 0.05) is 14.6 Å². The van der Waals surface area contributed by atoms with Crippen molar-refractivity contribution in [2.24, 2.45) is 22.7 Å². The maximum Gasteiger partial charge on any atom is 0.429 e. The molecule has 0 radical (unpaired) electrons. The number of fused-ring (bicyclic) bond motifs is 1. The molecule has 10 heteroatoms. The normalized spacial score (nSPS) is 35.6. The molecule has 0 aromatic heterocycles. The highest BCUT2D eigenvalue weighted by molar-refractivity contribution is 5.39. The van der Waals surface area contributed by atoms with Crippen LogP contribution in [0.2, 0.25) is 0 Å². The number of halogens is 7. The Kier molecular flexibility index (Phi) is 8.12. The minimum atomic E-state index is -6.07. The molecule has 0 saturated heterocycles. The van der Waals surface area contributed by atoms with Gasteiger partial charge in [-0.25, -0.2) is 4.39 Å². The molecule has 3 fully saturated rings. The summed E-state index contributed by atoms with van der Waals surface area (Å²) in [6.45, 7) is 0.827. The molecular weight excluding hydrogens is 577 g/mol. The number of aliphatic hydroxyl groups is 3. The Hall–Kier alpha value is -1.65. The van der Waals surface area contributed by atoms with Gasteiger partial charge in [-0.2, -0.15) is 26.3 Å². The molecule has 1 unspecified atom stereocenters. The molecule has 0 aromatic carbocycles. The van der Waals surface area contributed by atoms with E-state index in [1.165, 1.54) is 0 Å². The third-order valence-corrected chi connectivity index (χ3v) is 10.1. The average molecular weight is 631 g/mol. The second-order valence-electron chi connectivity index (χ2n) is 13.3. The van der Waals surface area contributed by atoms with E-state index in [9.17, 15) is 46.1 Å². The zero-order chi connectivity index (χ0) is 37.6. The molecule has 3 aliphatic rings. The lowest BCUT2D eigenvalue weighted by Crippen LogP contribution is -2.55. The van der Waals surface area contributed by atoms with Crippen LogP contribution in [0, 0.1) is 22.7 Å². The van der Waals surface area contributed by atoms with Gasteiger partial charge in [0.25, 0.3) is 5.60 Å². The first-order valence-corrected chi connectivity index (χ1v) is 14.7. The fourth-order valence-electron chi connectivity index (χ4n) is 7.83. The highest BCUT2D eigenvalue weighted by Crippen LogP contribution is 2.64. The van der Waals surface area contributed by atoms with Crippen LogP contribution in [0.1, 0.15) is 106 Å². The SMILES string of the molecule is [2H]C([2H])([2H])C(O)(CCC[C@@](C)(C/C=C/C(O)(C(F)(F)F)C(F)(F)F)[C@H]1CCC2/C(=C/C=C3/C[C@@H](O)C[C@H](F)C3=C)CCC[C@@]21C)C([2H])([2H])[2H]. The maximum atomic E-state index is 14.4. The molecule has 43 heavy (non-hydrogen) atoms. The number of allylic oxidation sites excluding steroid dienone is 5. The summed E-state index contributed by atoms with van der Waals surface area (Å²) in [5.41, 5.74) is -7.99. The van der Waals surface area contributed by atoms with Gasteiger partial charge in [-0.3, -0.25) is 0 Å². The summed E-state index contributed by atoms with van der Waals surface area (Å²) in [6, 6.07) is 0. The molecule has 3 nitrogen and oxygen atoms in total. The van der Waals surface area contributed by atoms with Gasteiger partial charge in [-0.15, -0.1) is 0 Å². The Morgan fingerprint density at radius 2 is 1.70 bits per heavy atom. The topological polar surface area (TPSA) is 60.7 Å². The van der Waals surface area contributed by atoms with Crippen LogP contribution in [0.3, 0.4) is 0 Å². The summed E-state index contributed by atoms with van der Waals surface area (Å²) >= 11 is 0. The molecule has 0 aliphatic heterocycles. The van der Waals surface area contributed by atoms with Crippen molar-refractivity contribution in [1.82, 2.24) is 0 Å². The fraction of sp³-hybridized carbons (Fsp3) is 0.758. The molecule has 0 amide bonds. The van der Waals surface area contributed by atoms with E-state index in [2.05, 4.69) is 6.58 Å². The molecule has 0 spiro atoms. The number of hydrogen-bond acceptors (Lipinski definition) is 3. The Morgan fingerprint density at radius 3 is 2.30 bits per heavy atom. The maximum absolute atomic E-state index is 14.4. The third-order valence-electron chi connectivity index (χ3n) is 10.1. The van der Waals surface area contributed by atoms with Gasteiger partial charge in [-0.1, -0.05) is 50.6 Å². The molecule has 0 bridgehead atoms. The number of rotatable bonds is 9. The van der Waals surface area contributed by atoms with Gasteiger partial charge in [-0.05, 0) is 111 Å². The first kappa shape index (κ1) is 27.6. The van der Waals surface area contributed by atoms with E-state index < -0.39 is 73.2 Å². The number of alkyl halides is 7. The fourth-order valence-corrected chi connectivity index (χ4v) is 7.83. The van der Waals surface area contributed by atoms with E-state index in [0.29, 0.717) is 43.8 Å². The molecule has 246 valence electrons. The Morgan fingerprint density at radius 1 is 1.05 bits per heavy atom. The van der Waals surface area contributed by atoms with Crippen LogP contribution in [-0.4, -0.2) is 51.1 Å². The predicted octanol–water partition coefficient (Wildman–Crippen LogP) is 8.85. The van der Waals surface area contributed by atoms with Crippen LogP contribution in [0.5, 0.6) is 0 Å². The van der Waals surface area contributed by atoms with Gasteiger partial charge in [0.2, 0.25) is 0 Å². The Labute approximate surface area is 259 Å². The van der Waals surface area contributed by atoms with Crippen molar-refractivity contribution < 1.29 is 54.3 Å². The van der Waals surface area contributed by atoms with Crippen LogP contribution in [0.4, 0.5) is 30.7 Å². The second-order valence-corrected chi connectivity index (χ2v) is 13.3. The van der Waals surface area contributed by atoms with E-state index in [4.69, 9.17) is 8.22 Å². The zero-order valence-electron chi connectivity index (χ0n) is 30.6. The van der Waals surface area contributed by atoms with Crippen LogP contribution in [0.15, 0.2) is 47.6 Å². The summed E-state index contributed by atoms with van der Waals surface area (Å²) in [7, 11) is 0. The van der Waals surface area contributed by atoms with Crippen molar-refractivity contribution in [3.63, 3.8) is 0 Å². The first-order chi connectivity index (χ1) is 22.0. The molecule has 6 atom stereocenters. The molecule has 0 aromatic rings. The number of aliphatic hydroxyl groups excluding tert-OH is 1. The van der Waals surface area contributed by atoms with Crippen LogP contribution in [0.25, 0.3) is 0 Å². The summed E-state index contributed by atoms with van der Waals surface area (Å²) in [6.07, 6.45) is -8.51. The van der Waals surface area contributed by atoms with Crippen molar-refractivity contribution in [3.05, 3.63) is 47.6 Å². The average Bonchev–Trinajstić information content (AvgIpc) is 3.29. The van der Waals surface area contributed by atoms with Crippen molar-refractivity contribution in [2.75, 3.05) is 0 Å². The summed E-state index contributed by atoms with van der Waals surface area (Å²) in [4.78, 5) is 0.